The van der Waals surface area contributed by atoms with Gasteiger partial charge in [-0.1, -0.05) is 12.8 Å². The molecule has 0 radical (unpaired) electrons. The summed E-state index contributed by atoms with van der Waals surface area (Å²) in [4.78, 5) is 13.4. The summed E-state index contributed by atoms with van der Waals surface area (Å²) in [5, 5.41) is 0. The summed E-state index contributed by atoms with van der Waals surface area (Å²) in [7, 11) is 0. The molecule has 3 rings (SSSR count). The highest BCUT2D eigenvalue weighted by atomic mass is 16.1. The molecule has 1 spiro atoms. The van der Waals surface area contributed by atoms with E-state index in [1.165, 1.54) is 57.3 Å². The molecule has 102 valence electrons. The van der Waals surface area contributed by atoms with Crippen molar-refractivity contribution in [1.82, 2.24) is 0 Å². The average molecular weight is 257 g/mol. The highest BCUT2D eigenvalue weighted by Gasteiger charge is 2.36. The second kappa shape index (κ2) is 4.99. The standard InChI is InChI=1S/C17H23NO/c1-14-12-16(5-4-15(14)13-19)18-10-8-17(9-11-18)6-2-3-7-17/h4-5,12-13H,2-3,6-11H2,1H3. The van der Waals surface area contributed by atoms with E-state index in [0.29, 0.717) is 5.41 Å². The van der Waals surface area contributed by atoms with E-state index in [1.54, 1.807) is 0 Å². The molecule has 2 aliphatic rings. The second-order valence-corrected chi connectivity index (χ2v) is 6.35. The molecule has 1 heterocycles. The Kier molecular flexibility index (Phi) is 3.34. The first-order valence-electron chi connectivity index (χ1n) is 7.53. The third kappa shape index (κ3) is 2.41. The van der Waals surface area contributed by atoms with E-state index in [1.807, 2.05) is 13.0 Å². The molecule has 0 atom stereocenters. The van der Waals surface area contributed by atoms with Crippen molar-refractivity contribution in [1.29, 1.82) is 0 Å². The van der Waals surface area contributed by atoms with Gasteiger partial charge in [-0.25, -0.2) is 0 Å². The van der Waals surface area contributed by atoms with Crippen LogP contribution in [-0.2, 0) is 0 Å². The van der Waals surface area contributed by atoms with E-state index in [-0.39, 0.29) is 0 Å². The Hall–Kier alpha value is -1.31. The Morgan fingerprint density at radius 2 is 1.79 bits per heavy atom. The van der Waals surface area contributed by atoms with Crippen molar-refractivity contribution in [2.24, 2.45) is 5.41 Å². The van der Waals surface area contributed by atoms with E-state index in [4.69, 9.17) is 0 Å². The molecule has 1 saturated heterocycles. The topological polar surface area (TPSA) is 20.3 Å². The Balaban J connectivity index is 1.71. The lowest BCUT2D eigenvalue weighted by Gasteiger charge is -2.40. The number of benzene rings is 1. The van der Waals surface area contributed by atoms with Gasteiger partial charge < -0.3 is 4.90 Å². The number of hydrogen-bond donors (Lipinski definition) is 0. The molecule has 2 fully saturated rings. The molecular formula is C17H23NO. The van der Waals surface area contributed by atoms with Crippen LogP contribution in [-0.4, -0.2) is 19.4 Å². The normalized spacial score (nSPS) is 21.8. The molecule has 0 aromatic heterocycles. The van der Waals surface area contributed by atoms with Crippen molar-refractivity contribution >= 4 is 12.0 Å². The van der Waals surface area contributed by atoms with Gasteiger partial charge in [-0.05, 0) is 61.8 Å². The van der Waals surface area contributed by atoms with Crippen molar-refractivity contribution in [3.63, 3.8) is 0 Å². The summed E-state index contributed by atoms with van der Waals surface area (Å²) in [6, 6.07) is 6.22. The monoisotopic (exact) mass is 257 g/mol. The number of anilines is 1. The number of carbonyl (C=O) groups excluding carboxylic acids is 1. The van der Waals surface area contributed by atoms with Gasteiger partial charge in [-0.2, -0.15) is 0 Å². The van der Waals surface area contributed by atoms with E-state index in [9.17, 15) is 4.79 Å². The van der Waals surface area contributed by atoms with Crippen LogP contribution in [0.3, 0.4) is 0 Å². The zero-order valence-electron chi connectivity index (χ0n) is 11.8. The van der Waals surface area contributed by atoms with E-state index in [0.717, 1.165) is 17.4 Å². The quantitative estimate of drug-likeness (QED) is 0.747. The Morgan fingerprint density at radius 3 is 2.37 bits per heavy atom. The molecule has 19 heavy (non-hydrogen) atoms. The number of aryl methyl sites for hydroxylation is 1. The molecule has 1 aromatic rings. The minimum absolute atomic E-state index is 0.675. The van der Waals surface area contributed by atoms with Gasteiger partial charge in [0.25, 0.3) is 0 Å². The van der Waals surface area contributed by atoms with Gasteiger partial charge in [0.1, 0.15) is 6.29 Å². The van der Waals surface area contributed by atoms with E-state index in [2.05, 4.69) is 17.0 Å². The van der Waals surface area contributed by atoms with Crippen LogP contribution in [0.25, 0.3) is 0 Å². The van der Waals surface area contributed by atoms with E-state index < -0.39 is 0 Å². The van der Waals surface area contributed by atoms with Crippen molar-refractivity contribution in [3.8, 4) is 0 Å². The molecule has 1 aromatic carbocycles. The summed E-state index contributed by atoms with van der Waals surface area (Å²) in [6.07, 6.45) is 9.42. The highest BCUT2D eigenvalue weighted by Crippen LogP contribution is 2.46. The number of piperidine rings is 1. The van der Waals surface area contributed by atoms with Crippen LogP contribution < -0.4 is 4.90 Å². The second-order valence-electron chi connectivity index (χ2n) is 6.35. The molecule has 0 bridgehead atoms. The number of aldehydes is 1. The van der Waals surface area contributed by atoms with Gasteiger partial charge >= 0.3 is 0 Å². The van der Waals surface area contributed by atoms with Gasteiger partial charge in [0.15, 0.2) is 0 Å². The number of nitrogens with zero attached hydrogens (tertiary/aromatic N) is 1. The van der Waals surface area contributed by atoms with Crippen molar-refractivity contribution in [2.45, 2.75) is 45.4 Å². The van der Waals surface area contributed by atoms with Crippen LogP contribution in [0.5, 0.6) is 0 Å². The fourth-order valence-corrected chi connectivity index (χ4v) is 3.85. The summed E-state index contributed by atoms with van der Waals surface area (Å²) in [5.41, 5.74) is 3.87. The average Bonchev–Trinajstić information content (AvgIpc) is 2.88. The molecule has 2 nitrogen and oxygen atoms in total. The van der Waals surface area contributed by atoms with Crippen molar-refractivity contribution < 1.29 is 4.79 Å². The molecule has 0 amide bonds. The Morgan fingerprint density at radius 1 is 1.11 bits per heavy atom. The third-order valence-corrected chi connectivity index (χ3v) is 5.23. The lowest BCUT2D eigenvalue weighted by atomic mass is 9.77. The van der Waals surface area contributed by atoms with Crippen LogP contribution >= 0.6 is 0 Å². The predicted octanol–water partition coefficient (Wildman–Crippen LogP) is 3.97. The Bertz CT molecular complexity index is 464. The van der Waals surface area contributed by atoms with Crippen LogP contribution in [0.1, 0.15) is 54.4 Å². The SMILES string of the molecule is Cc1cc(N2CCC3(CCCC3)CC2)ccc1C=O. The van der Waals surface area contributed by atoms with Crippen LogP contribution in [0.15, 0.2) is 18.2 Å². The fraction of sp³-hybridized carbons (Fsp3) is 0.588. The van der Waals surface area contributed by atoms with Gasteiger partial charge in [0.2, 0.25) is 0 Å². The van der Waals surface area contributed by atoms with Gasteiger partial charge in [-0.15, -0.1) is 0 Å². The summed E-state index contributed by atoms with van der Waals surface area (Å²) < 4.78 is 0. The van der Waals surface area contributed by atoms with Gasteiger partial charge in [-0.3, -0.25) is 4.79 Å². The first kappa shape index (κ1) is 12.7. The zero-order chi connectivity index (χ0) is 13.3. The number of carbonyl (C=O) groups is 1. The zero-order valence-corrected chi connectivity index (χ0v) is 11.8. The lowest BCUT2D eigenvalue weighted by Crippen LogP contribution is -2.38. The molecule has 0 unspecified atom stereocenters. The maximum absolute atomic E-state index is 10.9. The molecular weight excluding hydrogens is 234 g/mol. The third-order valence-electron chi connectivity index (χ3n) is 5.23. The summed E-state index contributed by atoms with van der Waals surface area (Å²) >= 11 is 0. The highest BCUT2D eigenvalue weighted by molar-refractivity contribution is 5.78. The largest absolute Gasteiger partial charge is 0.371 e. The molecule has 1 saturated carbocycles. The van der Waals surface area contributed by atoms with Crippen LogP contribution in [0.2, 0.25) is 0 Å². The summed E-state index contributed by atoms with van der Waals surface area (Å²) in [5.74, 6) is 0. The molecule has 1 aliphatic heterocycles. The maximum atomic E-state index is 10.9. The van der Waals surface area contributed by atoms with Crippen LogP contribution in [0.4, 0.5) is 5.69 Å². The molecule has 2 heteroatoms. The van der Waals surface area contributed by atoms with Gasteiger partial charge in [0.05, 0.1) is 0 Å². The van der Waals surface area contributed by atoms with Crippen LogP contribution in [0, 0.1) is 12.3 Å². The fourth-order valence-electron chi connectivity index (χ4n) is 3.85. The minimum atomic E-state index is 0.675. The summed E-state index contributed by atoms with van der Waals surface area (Å²) in [6.45, 7) is 4.38. The first-order chi connectivity index (χ1) is 9.22. The predicted molar refractivity (Wildman–Crippen MR) is 78.9 cm³/mol. The molecule has 0 N–H and O–H groups in total. The lowest BCUT2D eigenvalue weighted by molar-refractivity contribution is 0.112. The molecule has 1 aliphatic carbocycles. The first-order valence-corrected chi connectivity index (χ1v) is 7.53. The maximum Gasteiger partial charge on any atom is 0.150 e. The van der Waals surface area contributed by atoms with Crippen molar-refractivity contribution in [2.75, 3.05) is 18.0 Å². The van der Waals surface area contributed by atoms with Crippen molar-refractivity contribution in [3.05, 3.63) is 29.3 Å². The number of rotatable bonds is 2. The Labute approximate surface area is 115 Å². The van der Waals surface area contributed by atoms with Gasteiger partial charge in [0, 0.05) is 24.3 Å². The minimum Gasteiger partial charge on any atom is -0.371 e. The number of hydrogen-bond acceptors (Lipinski definition) is 2. The smallest absolute Gasteiger partial charge is 0.150 e. The van der Waals surface area contributed by atoms with E-state index >= 15 is 0 Å².